The lowest BCUT2D eigenvalue weighted by Gasteiger charge is -2.25. The van der Waals surface area contributed by atoms with E-state index in [9.17, 15) is 9.59 Å². The first kappa shape index (κ1) is 11.1. The van der Waals surface area contributed by atoms with Crippen molar-refractivity contribution in [3.05, 3.63) is 0 Å². The van der Waals surface area contributed by atoms with Crippen LogP contribution >= 0.6 is 0 Å². The second-order valence-corrected chi connectivity index (χ2v) is 3.90. The summed E-state index contributed by atoms with van der Waals surface area (Å²) >= 11 is 0. The molecule has 70 valence electrons. The number of esters is 1. The van der Waals surface area contributed by atoms with Gasteiger partial charge < -0.3 is 4.74 Å². The molecule has 0 aliphatic rings. The third kappa shape index (κ3) is 4.88. The van der Waals surface area contributed by atoms with Crippen molar-refractivity contribution in [1.82, 2.24) is 0 Å². The zero-order valence-electron chi connectivity index (χ0n) is 8.09. The van der Waals surface area contributed by atoms with E-state index in [4.69, 9.17) is 4.74 Å². The van der Waals surface area contributed by atoms with Gasteiger partial charge in [0.25, 0.3) is 0 Å². The van der Waals surface area contributed by atoms with Gasteiger partial charge in [-0.3, -0.25) is 4.79 Å². The van der Waals surface area contributed by atoms with Crippen molar-refractivity contribution in [1.29, 1.82) is 0 Å². The van der Waals surface area contributed by atoms with E-state index in [1.807, 2.05) is 13.8 Å². The van der Waals surface area contributed by atoms with E-state index >= 15 is 0 Å². The van der Waals surface area contributed by atoms with Gasteiger partial charge >= 0.3 is 5.97 Å². The first-order valence-corrected chi connectivity index (χ1v) is 4.05. The monoisotopic (exact) mass is 172 g/mol. The average Bonchev–Trinajstić information content (AvgIpc) is 1.83. The van der Waals surface area contributed by atoms with Crippen LogP contribution in [0.1, 0.15) is 34.1 Å². The van der Waals surface area contributed by atoms with Crippen LogP contribution < -0.4 is 0 Å². The van der Waals surface area contributed by atoms with Crippen molar-refractivity contribution in [2.24, 2.45) is 5.92 Å². The molecule has 0 aromatic carbocycles. The molecule has 0 aliphatic carbocycles. The summed E-state index contributed by atoms with van der Waals surface area (Å²) in [5, 5.41) is 0. The van der Waals surface area contributed by atoms with Gasteiger partial charge in [0.15, 0.2) is 0 Å². The molecule has 0 atom stereocenters. The molecule has 0 heterocycles. The van der Waals surface area contributed by atoms with E-state index in [0.29, 0.717) is 5.92 Å². The van der Waals surface area contributed by atoms with Gasteiger partial charge in [0.05, 0.1) is 0 Å². The molecule has 3 heteroatoms. The summed E-state index contributed by atoms with van der Waals surface area (Å²) < 4.78 is 4.89. The number of ether oxygens (including phenoxy) is 1. The van der Waals surface area contributed by atoms with Gasteiger partial charge in [-0.15, -0.1) is 0 Å². The largest absolute Gasteiger partial charge is 0.454 e. The molecule has 0 aromatic rings. The topological polar surface area (TPSA) is 43.4 Å². The molecule has 12 heavy (non-hydrogen) atoms. The molecular formula is C9H16O3. The van der Waals surface area contributed by atoms with Crippen molar-refractivity contribution in [2.45, 2.75) is 39.7 Å². The normalized spacial score (nSPS) is 11.4. The van der Waals surface area contributed by atoms with Crippen molar-refractivity contribution in [3.8, 4) is 0 Å². The maximum Gasteiger partial charge on any atom is 0.371 e. The molecule has 0 unspecified atom stereocenters. The van der Waals surface area contributed by atoms with Gasteiger partial charge in [-0.1, -0.05) is 13.8 Å². The summed E-state index contributed by atoms with van der Waals surface area (Å²) in [6.45, 7) is 7.68. The molecule has 0 saturated carbocycles. The number of aldehydes is 1. The van der Waals surface area contributed by atoms with Gasteiger partial charge in [-0.25, -0.2) is 4.79 Å². The lowest BCUT2D eigenvalue weighted by molar-refractivity contribution is -0.160. The lowest BCUT2D eigenvalue weighted by Crippen LogP contribution is -2.30. The molecule has 0 aromatic heterocycles. The minimum Gasteiger partial charge on any atom is -0.454 e. The van der Waals surface area contributed by atoms with Crippen LogP contribution in [0.4, 0.5) is 0 Å². The summed E-state index contributed by atoms with van der Waals surface area (Å²) in [5.41, 5.74) is -0.536. The summed E-state index contributed by atoms with van der Waals surface area (Å²) in [6.07, 6.45) is 0.953. The second kappa shape index (κ2) is 4.24. The van der Waals surface area contributed by atoms with E-state index in [1.54, 1.807) is 13.8 Å². The summed E-state index contributed by atoms with van der Waals surface area (Å²) in [5.74, 6) is -0.347. The molecule has 0 fully saturated rings. The highest BCUT2D eigenvalue weighted by Gasteiger charge is 2.23. The Morgan fingerprint density at radius 1 is 1.50 bits per heavy atom. The smallest absolute Gasteiger partial charge is 0.371 e. The van der Waals surface area contributed by atoms with Crippen molar-refractivity contribution in [2.75, 3.05) is 0 Å². The summed E-state index contributed by atoms with van der Waals surface area (Å²) in [4.78, 5) is 20.6. The van der Waals surface area contributed by atoms with Gasteiger partial charge in [-0.2, -0.15) is 0 Å². The SMILES string of the molecule is CC(C)CC(C)(C)OC(=O)C=O. The first-order valence-electron chi connectivity index (χ1n) is 4.05. The van der Waals surface area contributed by atoms with Crippen LogP contribution in [0.25, 0.3) is 0 Å². The Balaban J connectivity index is 4.02. The summed E-state index contributed by atoms with van der Waals surface area (Å²) in [6, 6.07) is 0. The van der Waals surface area contributed by atoms with Gasteiger partial charge in [0.2, 0.25) is 6.29 Å². The molecule has 0 saturated heterocycles. The maximum absolute atomic E-state index is 10.6. The predicted molar refractivity (Wildman–Crippen MR) is 45.7 cm³/mol. The number of carbonyl (C=O) groups is 2. The van der Waals surface area contributed by atoms with Crippen molar-refractivity contribution < 1.29 is 14.3 Å². The molecule has 0 spiro atoms. The van der Waals surface area contributed by atoms with Crippen molar-refractivity contribution >= 4 is 12.3 Å². The Morgan fingerprint density at radius 3 is 2.33 bits per heavy atom. The molecule has 0 radical (unpaired) electrons. The summed E-state index contributed by atoms with van der Waals surface area (Å²) in [7, 11) is 0. The highest BCUT2D eigenvalue weighted by molar-refractivity contribution is 6.20. The van der Waals surface area contributed by atoms with E-state index in [1.165, 1.54) is 0 Å². The number of hydrogen-bond acceptors (Lipinski definition) is 3. The first-order chi connectivity index (χ1) is 5.37. The molecule has 0 bridgehead atoms. The fraction of sp³-hybridized carbons (Fsp3) is 0.778. The number of rotatable bonds is 4. The van der Waals surface area contributed by atoms with E-state index in [2.05, 4.69) is 0 Å². The predicted octanol–water partition coefficient (Wildman–Crippen LogP) is 1.55. The van der Waals surface area contributed by atoms with Crippen LogP contribution in [0, 0.1) is 5.92 Å². The Bertz CT molecular complexity index is 171. The third-order valence-corrected chi connectivity index (χ3v) is 1.37. The molecular weight excluding hydrogens is 156 g/mol. The van der Waals surface area contributed by atoms with Crippen LogP contribution in [-0.4, -0.2) is 17.9 Å². The molecule has 0 N–H and O–H groups in total. The van der Waals surface area contributed by atoms with Crippen LogP contribution in [0.2, 0.25) is 0 Å². The molecule has 0 aliphatic heterocycles. The fourth-order valence-corrected chi connectivity index (χ4v) is 1.32. The Morgan fingerprint density at radius 2 is 2.00 bits per heavy atom. The Kier molecular flexibility index (Phi) is 3.93. The Hall–Kier alpha value is -0.860. The fourth-order valence-electron chi connectivity index (χ4n) is 1.32. The van der Waals surface area contributed by atoms with Gasteiger partial charge in [-0.05, 0) is 26.2 Å². The quantitative estimate of drug-likeness (QED) is 0.367. The Labute approximate surface area is 73.1 Å². The average molecular weight is 172 g/mol. The van der Waals surface area contributed by atoms with E-state index < -0.39 is 11.6 Å². The maximum atomic E-state index is 10.6. The number of carbonyl (C=O) groups excluding carboxylic acids is 2. The van der Waals surface area contributed by atoms with Crippen molar-refractivity contribution in [3.63, 3.8) is 0 Å². The van der Waals surface area contributed by atoms with Crippen LogP contribution in [-0.2, 0) is 14.3 Å². The highest BCUT2D eigenvalue weighted by Crippen LogP contribution is 2.19. The van der Waals surface area contributed by atoms with Gasteiger partial charge in [0, 0.05) is 0 Å². The molecule has 0 rings (SSSR count). The van der Waals surface area contributed by atoms with Crippen LogP contribution in [0.3, 0.4) is 0 Å². The van der Waals surface area contributed by atoms with Crippen LogP contribution in [0.5, 0.6) is 0 Å². The van der Waals surface area contributed by atoms with E-state index in [-0.39, 0.29) is 6.29 Å². The molecule has 3 nitrogen and oxygen atoms in total. The minimum atomic E-state index is -0.791. The highest BCUT2D eigenvalue weighted by atomic mass is 16.6. The zero-order chi connectivity index (χ0) is 9.78. The van der Waals surface area contributed by atoms with Gasteiger partial charge in [0.1, 0.15) is 5.60 Å². The standard InChI is InChI=1S/C9H16O3/c1-7(2)5-9(3,4)12-8(11)6-10/h6-7H,5H2,1-4H3. The van der Waals surface area contributed by atoms with E-state index in [0.717, 1.165) is 6.42 Å². The number of hydrogen-bond donors (Lipinski definition) is 0. The second-order valence-electron chi connectivity index (χ2n) is 3.90. The van der Waals surface area contributed by atoms with Crippen LogP contribution in [0.15, 0.2) is 0 Å². The third-order valence-electron chi connectivity index (χ3n) is 1.37. The molecule has 0 amide bonds. The lowest BCUT2D eigenvalue weighted by atomic mass is 9.96. The zero-order valence-corrected chi connectivity index (χ0v) is 8.09. The minimum absolute atomic E-state index is 0.197.